The lowest BCUT2D eigenvalue weighted by Crippen LogP contribution is -2.18. The Morgan fingerprint density at radius 3 is 2.27 bits per heavy atom. The zero-order valence-corrected chi connectivity index (χ0v) is 10.7. The zero-order chi connectivity index (χ0) is 11.9. The Hall–Kier alpha value is 0.230. The minimum Gasteiger partial charge on any atom is -0.372 e. The summed E-state index contributed by atoms with van der Waals surface area (Å²) in [6.45, 7) is 3.29. The van der Waals surface area contributed by atoms with Crippen molar-refractivity contribution in [2.24, 2.45) is 11.8 Å². The Morgan fingerprint density at radius 2 is 1.87 bits per heavy atom. The molecule has 1 unspecified atom stereocenters. The van der Waals surface area contributed by atoms with E-state index in [0.717, 1.165) is 11.8 Å². The van der Waals surface area contributed by atoms with Crippen LogP contribution in [-0.4, -0.2) is 24.7 Å². The summed E-state index contributed by atoms with van der Waals surface area (Å²) in [6.07, 6.45) is -2.61. The summed E-state index contributed by atoms with van der Waals surface area (Å²) in [5.74, 6) is 1.06. The highest BCUT2D eigenvalue weighted by molar-refractivity contribution is 9.09. The van der Waals surface area contributed by atoms with E-state index < -0.39 is 12.8 Å². The van der Waals surface area contributed by atoms with Crippen molar-refractivity contribution >= 4 is 15.9 Å². The average Bonchev–Trinajstić information content (AvgIpc) is 2.08. The summed E-state index contributed by atoms with van der Waals surface area (Å²) in [5.41, 5.74) is 0. The van der Waals surface area contributed by atoms with Crippen LogP contribution in [0.5, 0.6) is 0 Å². The summed E-state index contributed by atoms with van der Waals surface area (Å²) >= 11 is 3.40. The van der Waals surface area contributed by atoms with Gasteiger partial charge in [-0.3, -0.25) is 0 Å². The van der Waals surface area contributed by atoms with Crippen LogP contribution in [0.25, 0.3) is 0 Å². The van der Waals surface area contributed by atoms with Crippen molar-refractivity contribution in [2.45, 2.75) is 32.9 Å². The van der Waals surface area contributed by atoms with Gasteiger partial charge in [0, 0.05) is 11.9 Å². The number of hydrogen-bond donors (Lipinski definition) is 0. The SMILES string of the molecule is CC(C)C(CBr)CCCOCC(F)(F)F. The summed E-state index contributed by atoms with van der Waals surface area (Å²) < 4.78 is 39.6. The summed E-state index contributed by atoms with van der Waals surface area (Å²) in [4.78, 5) is 0. The van der Waals surface area contributed by atoms with Crippen LogP contribution in [-0.2, 0) is 4.74 Å². The van der Waals surface area contributed by atoms with Gasteiger partial charge in [0.15, 0.2) is 0 Å². The second-order valence-corrected chi connectivity index (χ2v) is 4.62. The standard InChI is InChI=1S/C10H18BrF3O/c1-8(2)9(6-11)4-3-5-15-7-10(12,13)14/h8-9H,3-7H2,1-2H3. The van der Waals surface area contributed by atoms with Crippen molar-refractivity contribution in [3.8, 4) is 0 Å². The molecule has 0 saturated heterocycles. The maximum atomic E-state index is 11.7. The highest BCUT2D eigenvalue weighted by atomic mass is 79.9. The zero-order valence-electron chi connectivity index (χ0n) is 9.11. The van der Waals surface area contributed by atoms with Gasteiger partial charge in [0.25, 0.3) is 0 Å². The van der Waals surface area contributed by atoms with E-state index >= 15 is 0 Å². The van der Waals surface area contributed by atoms with E-state index in [4.69, 9.17) is 0 Å². The highest BCUT2D eigenvalue weighted by Crippen LogP contribution is 2.20. The van der Waals surface area contributed by atoms with Crippen LogP contribution in [0.1, 0.15) is 26.7 Å². The number of ether oxygens (including phenoxy) is 1. The molecule has 0 heterocycles. The quantitative estimate of drug-likeness (QED) is 0.508. The van der Waals surface area contributed by atoms with Crippen molar-refractivity contribution in [3.63, 3.8) is 0 Å². The molecule has 0 bridgehead atoms. The third-order valence-electron chi connectivity index (χ3n) is 2.27. The van der Waals surface area contributed by atoms with Crippen molar-refractivity contribution in [2.75, 3.05) is 18.5 Å². The molecule has 92 valence electrons. The number of hydrogen-bond acceptors (Lipinski definition) is 1. The molecule has 0 N–H and O–H groups in total. The van der Waals surface area contributed by atoms with E-state index in [1.807, 2.05) is 0 Å². The van der Waals surface area contributed by atoms with E-state index in [1.165, 1.54) is 0 Å². The summed E-state index contributed by atoms with van der Waals surface area (Å²) in [7, 11) is 0. The van der Waals surface area contributed by atoms with Gasteiger partial charge < -0.3 is 4.74 Å². The van der Waals surface area contributed by atoms with Gasteiger partial charge in [-0.05, 0) is 24.7 Å². The number of halogens is 4. The molecule has 0 aliphatic rings. The van der Waals surface area contributed by atoms with Crippen LogP contribution in [0.3, 0.4) is 0 Å². The maximum Gasteiger partial charge on any atom is 0.411 e. The lowest BCUT2D eigenvalue weighted by atomic mass is 9.93. The van der Waals surface area contributed by atoms with Crippen LogP contribution in [0, 0.1) is 11.8 Å². The topological polar surface area (TPSA) is 9.23 Å². The lowest BCUT2D eigenvalue weighted by Gasteiger charge is -2.17. The predicted molar refractivity (Wildman–Crippen MR) is 58.2 cm³/mol. The van der Waals surface area contributed by atoms with Crippen LogP contribution in [0.4, 0.5) is 13.2 Å². The average molecular weight is 291 g/mol. The van der Waals surface area contributed by atoms with Gasteiger partial charge in [-0.15, -0.1) is 0 Å². The summed E-state index contributed by atoms with van der Waals surface area (Å²) in [5, 5.41) is 0.893. The molecule has 0 amide bonds. The molecule has 0 aliphatic carbocycles. The molecule has 0 rings (SSSR count). The number of alkyl halides is 4. The monoisotopic (exact) mass is 290 g/mol. The van der Waals surface area contributed by atoms with Crippen LogP contribution in [0.2, 0.25) is 0 Å². The number of rotatable bonds is 7. The third kappa shape index (κ3) is 9.18. The van der Waals surface area contributed by atoms with Crippen molar-refractivity contribution in [1.82, 2.24) is 0 Å². The molecular weight excluding hydrogens is 273 g/mol. The molecule has 1 nitrogen and oxygen atoms in total. The fourth-order valence-electron chi connectivity index (χ4n) is 1.22. The van der Waals surface area contributed by atoms with Gasteiger partial charge in [-0.2, -0.15) is 13.2 Å². The Morgan fingerprint density at radius 1 is 1.27 bits per heavy atom. The fraction of sp³-hybridized carbons (Fsp3) is 1.00. The molecule has 0 aromatic carbocycles. The van der Waals surface area contributed by atoms with E-state index in [9.17, 15) is 13.2 Å². The van der Waals surface area contributed by atoms with E-state index in [-0.39, 0.29) is 6.61 Å². The second kappa shape index (κ2) is 7.49. The van der Waals surface area contributed by atoms with Gasteiger partial charge in [0.1, 0.15) is 6.61 Å². The highest BCUT2D eigenvalue weighted by Gasteiger charge is 2.27. The fourth-order valence-corrected chi connectivity index (χ4v) is 2.30. The Kier molecular flexibility index (Phi) is 7.61. The third-order valence-corrected chi connectivity index (χ3v) is 3.10. The van der Waals surface area contributed by atoms with Crippen LogP contribution >= 0.6 is 15.9 Å². The largest absolute Gasteiger partial charge is 0.411 e. The Labute approximate surface area is 97.5 Å². The van der Waals surface area contributed by atoms with E-state index in [0.29, 0.717) is 18.3 Å². The van der Waals surface area contributed by atoms with Crippen LogP contribution < -0.4 is 0 Å². The molecule has 0 aromatic rings. The first-order chi connectivity index (χ1) is 6.87. The molecule has 0 spiro atoms. The minimum absolute atomic E-state index is 0.190. The van der Waals surface area contributed by atoms with Gasteiger partial charge in [0.2, 0.25) is 0 Å². The van der Waals surface area contributed by atoms with Gasteiger partial charge in [0.05, 0.1) is 0 Å². The first kappa shape index (κ1) is 15.2. The Bertz CT molecular complexity index is 159. The molecule has 5 heteroatoms. The molecule has 0 aromatic heterocycles. The first-order valence-electron chi connectivity index (χ1n) is 5.07. The van der Waals surface area contributed by atoms with Gasteiger partial charge >= 0.3 is 6.18 Å². The smallest absolute Gasteiger partial charge is 0.372 e. The summed E-state index contributed by atoms with van der Waals surface area (Å²) in [6, 6.07) is 0. The van der Waals surface area contributed by atoms with Crippen molar-refractivity contribution in [3.05, 3.63) is 0 Å². The maximum absolute atomic E-state index is 11.7. The van der Waals surface area contributed by atoms with E-state index in [1.54, 1.807) is 0 Å². The normalized spacial score (nSPS) is 14.6. The predicted octanol–water partition coefficient (Wildman–Crippen LogP) is 4.01. The molecule has 15 heavy (non-hydrogen) atoms. The van der Waals surface area contributed by atoms with Crippen LogP contribution in [0.15, 0.2) is 0 Å². The molecule has 0 saturated carbocycles. The Balaban J connectivity index is 3.45. The minimum atomic E-state index is -4.20. The molecule has 1 atom stereocenters. The molecule has 0 fully saturated rings. The van der Waals surface area contributed by atoms with Crippen molar-refractivity contribution in [1.29, 1.82) is 0 Å². The second-order valence-electron chi connectivity index (χ2n) is 3.97. The first-order valence-corrected chi connectivity index (χ1v) is 6.19. The van der Waals surface area contributed by atoms with Crippen molar-refractivity contribution < 1.29 is 17.9 Å². The molecule has 0 radical (unpaired) electrons. The molecular formula is C10H18BrF3O. The van der Waals surface area contributed by atoms with Gasteiger partial charge in [-0.25, -0.2) is 0 Å². The molecule has 0 aliphatic heterocycles. The van der Waals surface area contributed by atoms with E-state index in [2.05, 4.69) is 34.5 Å². The lowest BCUT2D eigenvalue weighted by molar-refractivity contribution is -0.174. The van der Waals surface area contributed by atoms with Gasteiger partial charge in [-0.1, -0.05) is 29.8 Å².